The van der Waals surface area contributed by atoms with Crippen LogP contribution in [0.1, 0.15) is 49.1 Å². The Kier molecular flexibility index (Phi) is 4.79. The molecule has 0 bridgehead atoms. The monoisotopic (exact) mass is 336 g/mol. The molecule has 1 amide bonds. The molecular weight excluding hydrogens is 312 g/mol. The predicted molar refractivity (Wildman–Crippen MR) is 95.8 cm³/mol. The number of likely N-dealkylation sites (tertiary alicyclic amines) is 1. The van der Waals surface area contributed by atoms with Gasteiger partial charge in [0.05, 0.1) is 12.3 Å². The van der Waals surface area contributed by atoms with Crippen molar-refractivity contribution in [2.45, 2.75) is 37.8 Å². The van der Waals surface area contributed by atoms with Crippen LogP contribution < -0.4 is 0 Å². The molecule has 2 aromatic rings. The van der Waals surface area contributed by atoms with Gasteiger partial charge in [-0.05, 0) is 42.9 Å². The number of hydrogen-bond acceptors (Lipinski definition) is 3. The first kappa shape index (κ1) is 16.3. The van der Waals surface area contributed by atoms with Gasteiger partial charge in [0.25, 0.3) is 0 Å². The highest BCUT2D eigenvalue weighted by Gasteiger charge is 2.38. The van der Waals surface area contributed by atoms with Crippen molar-refractivity contribution in [3.63, 3.8) is 0 Å². The minimum Gasteiger partial charge on any atom is -0.371 e. The van der Waals surface area contributed by atoms with Gasteiger partial charge in [-0.25, -0.2) is 0 Å². The summed E-state index contributed by atoms with van der Waals surface area (Å²) in [6.45, 7) is 1.53. The van der Waals surface area contributed by atoms with Crippen molar-refractivity contribution in [2.75, 3.05) is 13.2 Å². The molecule has 1 aliphatic heterocycles. The van der Waals surface area contributed by atoms with E-state index in [-0.39, 0.29) is 18.1 Å². The maximum atomic E-state index is 12.5. The second kappa shape index (κ2) is 7.36. The van der Waals surface area contributed by atoms with Crippen molar-refractivity contribution >= 4 is 5.91 Å². The minimum absolute atomic E-state index is 0.169. The van der Waals surface area contributed by atoms with E-state index in [0.717, 1.165) is 30.8 Å². The smallest absolute Gasteiger partial charge is 0.223 e. The van der Waals surface area contributed by atoms with Crippen molar-refractivity contribution < 1.29 is 9.53 Å². The van der Waals surface area contributed by atoms with Gasteiger partial charge in [-0.15, -0.1) is 0 Å². The molecule has 0 N–H and O–H groups in total. The lowest BCUT2D eigenvalue weighted by molar-refractivity contribution is -0.134. The third-order valence-corrected chi connectivity index (χ3v) is 5.06. The predicted octanol–water partition coefficient (Wildman–Crippen LogP) is 3.91. The van der Waals surface area contributed by atoms with Gasteiger partial charge in [-0.1, -0.05) is 36.4 Å². The number of nitrogens with zero attached hydrogens (tertiary/aromatic N) is 2. The van der Waals surface area contributed by atoms with Crippen LogP contribution in [0.5, 0.6) is 0 Å². The normalized spacial score (nSPS) is 19.8. The Morgan fingerprint density at radius 1 is 1.12 bits per heavy atom. The lowest BCUT2D eigenvalue weighted by Gasteiger charge is -2.34. The molecule has 4 rings (SSSR count). The number of carbonyl (C=O) groups is 1. The second-order valence-electron chi connectivity index (χ2n) is 7.00. The molecule has 2 fully saturated rings. The van der Waals surface area contributed by atoms with Gasteiger partial charge in [0.15, 0.2) is 0 Å². The number of pyridine rings is 1. The number of carbonyl (C=O) groups excluding carboxylic acids is 1. The summed E-state index contributed by atoms with van der Waals surface area (Å²) in [6.07, 6.45) is 5.64. The molecule has 4 heteroatoms. The molecule has 0 radical (unpaired) electrons. The van der Waals surface area contributed by atoms with Crippen molar-refractivity contribution in [1.82, 2.24) is 9.88 Å². The van der Waals surface area contributed by atoms with Crippen LogP contribution in [0.25, 0.3) is 0 Å². The summed E-state index contributed by atoms with van der Waals surface area (Å²) < 4.78 is 6.40. The van der Waals surface area contributed by atoms with E-state index in [9.17, 15) is 4.79 Å². The molecule has 1 aromatic carbocycles. The molecule has 1 saturated carbocycles. The Balaban J connectivity index is 1.70. The van der Waals surface area contributed by atoms with E-state index < -0.39 is 0 Å². The fraction of sp³-hybridized carbons (Fsp3) is 0.429. The van der Waals surface area contributed by atoms with Gasteiger partial charge in [0.2, 0.25) is 5.91 Å². The summed E-state index contributed by atoms with van der Waals surface area (Å²) >= 11 is 0. The van der Waals surface area contributed by atoms with E-state index >= 15 is 0 Å². The zero-order valence-electron chi connectivity index (χ0n) is 14.4. The standard InChI is InChI=1S/C21H24N2O2/c24-19-10-6-14-23(19)20(18-9-4-5-13-22-18)21(25-15-16-11-12-16)17-7-2-1-3-8-17/h1-5,7-9,13,16,20-21H,6,10-12,14-15H2/t20-,21+/m1/s1. The highest BCUT2D eigenvalue weighted by atomic mass is 16.5. The maximum absolute atomic E-state index is 12.5. The van der Waals surface area contributed by atoms with Gasteiger partial charge in [0.1, 0.15) is 12.1 Å². The third kappa shape index (κ3) is 3.74. The van der Waals surface area contributed by atoms with Gasteiger partial charge >= 0.3 is 0 Å². The van der Waals surface area contributed by atoms with Crippen LogP contribution in [0.15, 0.2) is 54.7 Å². The van der Waals surface area contributed by atoms with Crippen LogP contribution >= 0.6 is 0 Å². The fourth-order valence-corrected chi connectivity index (χ4v) is 3.53. The number of benzene rings is 1. The van der Waals surface area contributed by atoms with Crippen molar-refractivity contribution in [3.8, 4) is 0 Å². The van der Waals surface area contributed by atoms with Gasteiger partial charge < -0.3 is 9.64 Å². The fourth-order valence-electron chi connectivity index (χ4n) is 3.53. The minimum atomic E-state index is -0.182. The molecule has 130 valence electrons. The molecule has 0 unspecified atom stereocenters. The molecular formula is C21H24N2O2. The first-order valence-corrected chi connectivity index (χ1v) is 9.20. The Morgan fingerprint density at radius 3 is 2.56 bits per heavy atom. The first-order valence-electron chi connectivity index (χ1n) is 9.20. The molecule has 1 aromatic heterocycles. The summed E-state index contributed by atoms with van der Waals surface area (Å²) in [4.78, 5) is 19.1. The van der Waals surface area contributed by atoms with Gasteiger partial charge in [-0.3, -0.25) is 9.78 Å². The average Bonchev–Trinajstić information content (AvgIpc) is 3.40. The first-order chi connectivity index (χ1) is 12.3. The molecule has 2 atom stereocenters. The highest BCUT2D eigenvalue weighted by molar-refractivity contribution is 5.78. The molecule has 25 heavy (non-hydrogen) atoms. The van der Waals surface area contributed by atoms with Crippen LogP contribution in [-0.2, 0) is 9.53 Å². The lowest BCUT2D eigenvalue weighted by atomic mass is 9.97. The summed E-state index contributed by atoms with van der Waals surface area (Å²) in [6, 6.07) is 16.0. The van der Waals surface area contributed by atoms with E-state index in [1.807, 2.05) is 41.3 Å². The Morgan fingerprint density at radius 2 is 1.92 bits per heavy atom. The lowest BCUT2D eigenvalue weighted by Crippen LogP contribution is -2.35. The number of aromatic nitrogens is 1. The van der Waals surface area contributed by atoms with Gasteiger partial charge in [0, 0.05) is 19.2 Å². The van der Waals surface area contributed by atoms with Gasteiger partial charge in [-0.2, -0.15) is 0 Å². The topological polar surface area (TPSA) is 42.4 Å². The summed E-state index contributed by atoms with van der Waals surface area (Å²) in [5.41, 5.74) is 2.01. The Bertz CT molecular complexity index is 700. The van der Waals surface area contributed by atoms with Crippen LogP contribution in [0.2, 0.25) is 0 Å². The SMILES string of the molecule is O=C1CCCN1[C@H](c1ccccn1)[C@@H](OCC1CC1)c1ccccc1. The zero-order chi connectivity index (χ0) is 17.1. The average molecular weight is 336 g/mol. The summed E-state index contributed by atoms with van der Waals surface area (Å²) in [7, 11) is 0. The number of ether oxygens (including phenoxy) is 1. The van der Waals surface area contributed by atoms with E-state index in [1.54, 1.807) is 6.20 Å². The summed E-state index contributed by atoms with van der Waals surface area (Å²) in [5.74, 6) is 0.872. The Labute approximate surface area is 148 Å². The number of hydrogen-bond donors (Lipinski definition) is 0. The molecule has 0 spiro atoms. The largest absolute Gasteiger partial charge is 0.371 e. The van der Waals surface area contributed by atoms with E-state index in [2.05, 4.69) is 17.1 Å². The quantitative estimate of drug-likeness (QED) is 0.770. The molecule has 2 heterocycles. The van der Waals surface area contributed by atoms with Crippen molar-refractivity contribution in [1.29, 1.82) is 0 Å². The van der Waals surface area contributed by atoms with Crippen molar-refractivity contribution in [3.05, 3.63) is 66.0 Å². The maximum Gasteiger partial charge on any atom is 0.223 e. The Hall–Kier alpha value is -2.20. The van der Waals surface area contributed by atoms with Crippen molar-refractivity contribution in [2.24, 2.45) is 5.92 Å². The van der Waals surface area contributed by atoms with E-state index in [4.69, 9.17) is 4.74 Å². The molecule has 1 aliphatic carbocycles. The number of amides is 1. The molecule has 4 nitrogen and oxygen atoms in total. The zero-order valence-corrected chi connectivity index (χ0v) is 14.4. The van der Waals surface area contributed by atoms with Crippen LogP contribution in [0.3, 0.4) is 0 Å². The van der Waals surface area contributed by atoms with E-state index in [0.29, 0.717) is 12.3 Å². The highest BCUT2D eigenvalue weighted by Crippen LogP contribution is 2.40. The van der Waals surface area contributed by atoms with E-state index in [1.165, 1.54) is 12.8 Å². The van der Waals surface area contributed by atoms with Crippen LogP contribution in [0.4, 0.5) is 0 Å². The third-order valence-electron chi connectivity index (χ3n) is 5.06. The molecule has 2 aliphatic rings. The van der Waals surface area contributed by atoms with Crippen LogP contribution in [-0.4, -0.2) is 28.9 Å². The number of rotatable bonds is 7. The summed E-state index contributed by atoms with van der Waals surface area (Å²) in [5, 5.41) is 0. The molecule has 1 saturated heterocycles. The van der Waals surface area contributed by atoms with Crippen LogP contribution in [0, 0.1) is 5.92 Å². The second-order valence-corrected chi connectivity index (χ2v) is 7.00.